The van der Waals surface area contributed by atoms with Crippen molar-refractivity contribution in [2.24, 2.45) is 0 Å². The van der Waals surface area contributed by atoms with Crippen LogP contribution in [0.5, 0.6) is 0 Å². The summed E-state index contributed by atoms with van der Waals surface area (Å²) in [4.78, 5) is 10.9. The molecule has 2 heteroatoms. The number of nitrogens with one attached hydrogen (secondary N) is 1. The van der Waals surface area contributed by atoms with Crippen molar-refractivity contribution in [1.29, 1.82) is 0 Å². The van der Waals surface area contributed by atoms with E-state index in [0.717, 1.165) is 12.8 Å². The van der Waals surface area contributed by atoms with Crippen molar-refractivity contribution in [2.45, 2.75) is 39.2 Å². The first-order chi connectivity index (χ1) is 5.24. The van der Waals surface area contributed by atoms with Crippen LogP contribution >= 0.6 is 0 Å². The van der Waals surface area contributed by atoms with Crippen LogP contribution in [-0.4, -0.2) is 11.9 Å². The molecule has 0 fully saturated rings. The normalized spacial score (nSPS) is 12.2. The summed E-state index contributed by atoms with van der Waals surface area (Å²) in [5.41, 5.74) is 0. The lowest BCUT2D eigenvalue weighted by atomic mass is 10.1. The lowest BCUT2D eigenvalue weighted by molar-refractivity contribution is -0.121. The third-order valence-electron chi connectivity index (χ3n) is 1.55. The van der Waals surface area contributed by atoms with Gasteiger partial charge in [0.15, 0.2) is 0 Å². The lowest BCUT2D eigenvalue weighted by Gasteiger charge is -2.12. The Morgan fingerprint density at radius 1 is 1.64 bits per heavy atom. The first-order valence-electron chi connectivity index (χ1n) is 4.16. The largest absolute Gasteiger partial charge is 0.350 e. The van der Waals surface area contributed by atoms with Crippen LogP contribution in [0.15, 0.2) is 12.7 Å². The van der Waals surface area contributed by atoms with Gasteiger partial charge in [0.05, 0.1) is 0 Å². The predicted octanol–water partition coefficient (Wildman–Crippen LogP) is 1.87. The van der Waals surface area contributed by atoms with Gasteiger partial charge in [-0.25, -0.2) is 0 Å². The quantitative estimate of drug-likeness (QED) is 0.603. The van der Waals surface area contributed by atoms with Gasteiger partial charge in [0.25, 0.3) is 0 Å². The first-order valence-corrected chi connectivity index (χ1v) is 4.16. The molecule has 1 N–H and O–H groups in total. The van der Waals surface area contributed by atoms with Crippen molar-refractivity contribution in [3.8, 4) is 0 Å². The van der Waals surface area contributed by atoms with Crippen molar-refractivity contribution in [3.63, 3.8) is 0 Å². The molecule has 1 atom stereocenters. The van der Waals surface area contributed by atoms with Crippen LogP contribution in [0.25, 0.3) is 0 Å². The molecule has 0 heterocycles. The number of carbonyl (C=O) groups is 1. The monoisotopic (exact) mass is 155 g/mol. The Kier molecular flexibility index (Phi) is 5.53. The van der Waals surface area contributed by atoms with E-state index in [9.17, 15) is 4.79 Å². The van der Waals surface area contributed by atoms with Crippen molar-refractivity contribution in [3.05, 3.63) is 12.7 Å². The van der Waals surface area contributed by atoms with Crippen molar-refractivity contribution >= 4 is 5.91 Å². The zero-order valence-electron chi connectivity index (χ0n) is 7.39. The summed E-state index contributed by atoms with van der Waals surface area (Å²) < 4.78 is 0. The van der Waals surface area contributed by atoms with Gasteiger partial charge >= 0.3 is 0 Å². The van der Waals surface area contributed by atoms with Crippen LogP contribution in [0.1, 0.15) is 33.1 Å². The molecule has 0 aliphatic rings. The molecule has 0 saturated carbocycles. The van der Waals surface area contributed by atoms with E-state index in [1.165, 1.54) is 0 Å². The fraction of sp³-hybridized carbons (Fsp3) is 0.667. The number of amides is 1. The number of hydrogen-bond donors (Lipinski definition) is 1. The maximum absolute atomic E-state index is 10.9. The Morgan fingerprint density at radius 3 is 2.64 bits per heavy atom. The van der Waals surface area contributed by atoms with E-state index in [1.807, 2.05) is 6.92 Å². The molecule has 1 unspecified atom stereocenters. The molecule has 0 radical (unpaired) electrons. The predicted molar refractivity (Wildman–Crippen MR) is 47.3 cm³/mol. The molecule has 2 nitrogen and oxygen atoms in total. The van der Waals surface area contributed by atoms with Crippen LogP contribution in [0.3, 0.4) is 0 Å². The molecule has 0 rings (SSSR count). The summed E-state index contributed by atoms with van der Waals surface area (Å²) >= 11 is 0. The molecule has 11 heavy (non-hydrogen) atoms. The highest BCUT2D eigenvalue weighted by atomic mass is 16.1. The first kappa shape index (κ1) is 10.2. The Hall–Kier alpha value is -0.790. The third-order valence-corrected chi connectivity index (χ3v) is 1.55. The minimum Gasteiger partial charge on any atom is -0.350 e. The lowest BCUT2D eigenvalue weighted by Crippen LogP contribution is -2.32. The summed E-state index contributed by atoms with van der Waals surface area (Å²) in [7, 11) is 0. The second-order valence-electron chi connectivity index (χ2n) is 2.55. The Bertz CT molecular complexity index is 132. The number of rotatable bonds is 5. The highest BCUT2D eigenvalue weighted by Crippen LogP contribution is 1.97. The summed E-state index contributed by atoms with van der Waals surface area (Å²) in [6.07, 6.45) is 4.39. The Balaban J connectivity index is 3.67. The van der Waals surface area contributed by atoms with Crippen molar-refractivity contribution in [2.75, 3.05) is 0 Å². The third kappa shape index (κ3) is 4.59. The van der Waals surface area contributed by atoms with Gasteiger partial charge < -0.3 is 5.32 Å². The molecule has 0 aromatic heterocycles. The van der Waals surface area contributed by atoms with Gasteiger partial charge in [-0.15, -0.1) is 6.58 Å². The zero-order valence-corrected chi connectivity index (χ0v) is 7.39. The maximum Gasteiger partial charge on any atom is 0.220 e. The second kappa shape index (κ2) is 5.96. The fourth-order valence-corrected chi connectivity index (χ4v) is 0.869. The van der Waals surface area contributed by atoms with E-state index in [-0.39, 0.29) is 11.9 Å². The average molecular weight is 155 g/mol. The summed E-state index contributed by atoms with van der Waals surface area (Å²) in [6, 6.07) is 0.160. The van der Waals surface area contributed by atoms with Gasteiger partial charge in [-0.3, -0.25) is 4.79 Å². The Labute approximate surface area is 68.7 Å². The molecule has 1 amide bonds. The minimum atomic E-state index is 0.100. The number of carbonyl (C=O) groups excluding carboxylic acids is 1. The van der Waals surface area contributed by atoms with Crippen molar-refractivity contribution in [1.82, 2.24) is 5.32 Å². The standard InChI is InChI=1S/C9H17NO/c1-4-7-8(5-2)10-9(11)6-3/h5,8H,2,4,6-7H2,1,3H3,(H,10,11). The highest BCUT2D eigenvalue weighted by Gasteiger charge is 2.04. The minimum absolute atomic E-state index is 0.100. The maximum atomic E-state index is 10.9. The van der Waals surface area contributed by atoms with E-state index in [0.29, 0.717) is 6.42 Å². The molecule has 0 aromatic rings. The van der Waals surface area contributed by atoms with Crippen LogP contribution in [0, 0.1) is 0 Å². The van der Waals surface area contributed by atoms with Gasteiger partial charge in [0.1, 0.15) is 0 Å². The van der Waals surface area contributed by atoms with Gasteiger partial charge in [0.2, 0.25) is 5.91 Å². The summed E-state index contributed by atoms with van der Waals surface area (Å²) in [5, 5.41) is 2.86. The van der Waals surface area contributed by atoms with Crippen LogP contribution in [0.4, 0.5) is 0 Å². The van der Waals surface area contributed by atoms with E-state index in [4.69, 9.17) is 0 Å². The molecule has 0 saturated heterocycles. The second-order valence-corrected chi connectivity index (χ2v) is 2.55. The summed E-state index contributed by atoms with van der Waals surface area (Å²) in [5.74, 6) is 0.100. The smallest absolute Gasteiger partial charge is 0.220 e. The topological polar surface area (TPSA) is 29.1 Å². The SMILES string of the molecule is C=CC(CCC)NC(=O)CC. The molecule has 0 aliphatic carbocycles. The van der Waals surface area contributed by atoms with E-state index < -0.39 is 0 Å². The van der Waals surface area contributed by atoms with Crippen molar-refractivity contribution < 1.29 is 4.79 Å². The number of hydrogen-bond acceptors (Lipinski definition) is 1. The molecular weight excluding hydrogens is 138 g/mol. The van der Waals surface area contributed by atoms with Gasteiger partial charge in [-0.1, -0.05) is 26.3 Å². The summed E-state index contributed by atoms with van der Waals surface area (Å²) in [6.45, 7) is 7.59. The van der Waals surface area contributed by atoms with Gasteiger partial charge in [-0.05, 0) is 6.42 Å². The van der Waals surface area contributed by atoms with Gasteiger partial charge in [0, 0.05) is 12.5 Å². The Morgan fingerprint density at radius 2 is 2.27 bits per heavy atom. The van der Waals surface area contributed by atoms with Crippen LogP contribution in [-0.2, 0) is 4.79 Å². The molecule has 0 aliphatic heterocycles. The van der Waals surface area contributed by atoms with E-state index in [1.54, 1.807) is 6.08 Å². The molecular formula is C9H17NO. The molecule has 0 bridgehead atoms. The molecule has 0 spiro atoms. The highest BCUT2D eigenvalue weighted by molar-refractivity contribution is 5.76. The van der Waals surface area contributed by atoms with E-state index >= 15 is 0 Å². The average Bonchev–Trinajstić information content (AvgIpc) is 2.03. The van der Waals surface area contributed by atoms with Crippen LogP contribution in [0.2, 0.25) is 0 Å². The zero-order chi connectivity index (χ0) is 8.69. The van der Waals surface area contributed by atoms with E-state index in [2.05, 4.69) is 18.8 Å². The van der Waals surface area contributed by atoms with Gasteiger partial charge in [-0.2, -0.15) is 0 Å². The van der Waals surface area contributed by atoms with Crippen LogP contribution < -0.4 is 5.32 Å². The molecule has 64 valence electrons. The molecule has 0 aromatic carbocycles. The fourth-order valence-electron chi connectivity index (χ4n) is 0.869.